The number of aromatic amines is 1. The summed E-state index contributed by atoms with van der Waals surface area (Å²) < 4.78 is 0. The average Bonchev–Trinajstić information content (AvgIpc) is 3.67. The number of aromatic nitrogens is 2. The smallest absolute Gasteiger partial charge is 0.256 e. The Morgan fingerprint density at radius 1 is 1.07 bits per heavy atom. The zero-order valence-corrected chi connectivity index (χ0v) is 25.9. The molecule has 7 nitrogen and oxygen atoms in total. The van der Waals surface area contributed by atoms with E-state index in [0.29, 0.717) is 17.7 Å². The molecule has 0 atom stereocenters. The lowest BCUT2D eigenvalue weighted by Crippen LogP contribution is -2.35. The maximum Gasteiger partial charge on any atom is 0.256 e. The van der Waals surface area contributed by atoms with Crippen molar-refractivity contribution < 1.29 is 9.59 Å². The summed E-state index contributed by atoms with van der Waals surface area (Å²) >= 11 is 1.63. The fourth-order valence-electron chi connectivity index (χ4n) is 5.54. The van der Waals surface area contributed by atoms with Gasteiger partial charge in [-0.25, -0.2) is 4.98 Å². The summed E-state index contributed by atoms with van der Waals surface area (Å²) in [5.74, 6) is -0.262. The number of carbonyl (C=O) groups excluding carboxylic acids is 2. The second kappa shape index (κ2) is 12.9. The molecule has 218 valence electrons. The predicted octanol–water partition coefficient (Wildman–Crippen LogP) is 6.94. The Kier molecular flexibility index (Phi) is 9.04. The second-order valence-electron chi connectivity index (χ2n) is 10.7. The summed E-state index contributed by atoms with van der Waals surface area (Å²) in [5.41, 5.74) is 9.44. The van der Waals surface area contributed by atoms with E-state index in [4.69, 9.17) is 4.98 Å². The molecular weight excluding hydrogens is 542 g/mol. The number of fused-ring (bicyclic) bond motifs is 1. The minimum Gasteiger partial charge on any atom is -0.358 e. The van der Waals surface area contributed by atoms with Crippen molar-refractivity contribution in [2.45, 2.75) is 47.5 Å². The van der Waals surface area contributed by atoms with E-state index in [1.54, 1.807) is 11.3 Å². The molecule has 5 rings (SSSR count). The summed E-state index contributed by atoms with van der Waals surface area (Å²) in [4.78, 5) is 36.7. The van der Waals surface area contributed by atoms with Crippen molar-refractivity contribution in [2.24, 2.45) is 0 Å². The molecule has 0 saturated carbocycles. The van der Waals surface area contributed by atoms with E-state index in [9.17, 15) is 9.59 Å². The van der Waals surface area contributed by atoms with Gasteiger partial charge in [-0.2, -0.15) is 0 Å². The van der Waals surface area contributed by atoms with E-state index in [1.807, 2.05) is 38.1 Å². The van der Waals surface area contributed by atoms with Gasteiger partial charge in [0, 0.05) is 52.2 Å². The van der Waals surface area contributed by atoms with Crippen LogP contribution in [0, 0.1) is 13.8 Å². The van der Waals surface area contributed by atoms with E-state index in [1.165, 1.54) is 5.56 Å². The van der Waals surface area contributed by atoms with Gasteiger partial charge in [0.2, 0.25) is 0 Å². The summed E-state index contributed by atoms with van der Waals surface area (Å²) in [6.45, 7) is 13.5. The van der Waals surface area contributed by atoms with Crippen molar-refractivity contribution in [1.82, 2.24) is 20.2 Å². The standard InChI is InChI=1S/C34H39N5O2S/c1-6-10-23-11-9-12-25(17-23)34-38-30(20-42-34)24-13-14-28-26(18-24)27(32(40)37-28)19-29-21(4)31(22(5)36-29)33(41)35-15-16-39(7-2)8-3/h9,11-14,17-20,36H,6-8,10,15-16H2,1-5H3,(H,35,41)(H,37,40)/b27-19-. The number of nitrogens with zero attached hydrogens (tertiary/aromatic N) is 2. The Hall–Kier alpha value is -4.01. The highest BCUT2D eigenvalue weighted by molar-refractivity contribution is 7.13. The van der Waals surface area contributed by atoms with Gasteiger partial charge in [0.15, 0.2) is 0 Å². The van der Waals surface area contributed by atoms with E-state index < -0.39 is 0 Å². The van der Waals surface area contributed by atoms with Crippen LogP contribution in [0.3, 0.4) is 0 Å². The first-order valence-corrected chi connectivity index (χ1v) is 15.6. The lowest BCUT2D eigenvalue weighted by Gasteiger charge is -2.18. The minimum absolute atomic E-state index is 0.101. The zero-order chi connectivity index (χ0) is 29.8. The number of aryl methyl sites for hydroxylation is 2. The van der Waals surface area contributed by atoms with Crippen LogP contribution >= 0.6 is 11.3 Å². The number of H-pyrrole nitrogens is 1. The van der Waals surface area contributed by atoms with Crippen molar-refractivity contribution in [3.05, 3.63) is 81.5 Å². The average molecular weight is 582 g/mol. The molecule has 1 aliphatic heterocycles. The molecule has 3 heterocycles. The molecule has 2 aromatic carbocycles. The third-order valence-electron chi connectivity index (χ3n) is 7.92. The van der Waals surface area contributed by atoms with Crippen molar-refractivity contribution in [1.29, 1.82) is 0 Å². The van der Waals surface area contributed by atoms with Gasteiger partial charge in [0.25, 0.3) is 11.8 Å². The van der Waals surface area contributed by atoms with Gasteiger partial charge < -0.3 is 20.5 Å². The first kappa shape index (κ1) is 29.5. The highest BCUT2D eigenvalue weighted by atomic mass is 32.1. The molecule has 8 heteroatoms. The molecule has 2 aromatic heterocycles. The Morgan fingerprint density at radius 2 is 1.88 bits per heavy atom. The van der Waals surface area contributed by atoms with Crippen LogP contribution < -0.4 is 10.6 Å². The Balaban J connectivity index is 1.40. The molecule has 0 aliphatic carbocycles. The van der Waals surface area contributed by atoms with Crippen molar-refractivity contribution >= 4 is 40.5 Å². The number of hydrogen-bond donors (Lipinski definition) is 3. The van der Waals surface area contributed by atoms with Crippen LogP contribution in [0.1, 0.15) is 65.6 Å². The molecule has 0 radical (unpaired) electrons. The van der Waals surface area contributed by atoms with E-state index in [-0.39, 0.29) is 11.8 Å². The van der Waals surface area contributed by atoms with Gasteiger partial charge in [-0.1, -0.05) is 51.5 Å². The lowest BCUT2D eigenvalue weighted by atomic mass is 10.0. The number of likely N-dealkylation sites (N-methyl/N-ethyl adjacent to an activating group) is 1. The van der Waals surface area contributed by atoms with Crippen LogP contribution in [-0.2, 0) is 11.2 Å². The number of benzene rings is 2. The maximum absolute atomic E-state index is 13.1. The molecule has 0 bridgehead atoms. The molecule has 4 aromatic rings. The summed E-state index contributed by atoms with van der Waals surface area (Å²) in [6, 6.07) is 14.5. The molecule has 1 aliphatic rings. The minimum atomic E-state index is -0.161. The van der Waals surface area contributed by atoms with Crippen LogP contribution in [0.2, 0.25) is 0 Å². The zero-order valence-electron chi connectivity index (χ0n) is 25.1. The molecule has 0 unspecified atom stereocenters. The molecule has 42 heavy (non-hydrogen) atoms. The highest BCUT2D eigenvalue weighted by Gasteiger charge is 2.26. The van der Waals surface area contributed by atoms with Gasteiger partial charge in [0.1, 0.15) is 5.01 Å². The number of anilines is 1. The normalized spacial score (nSPS) is 13.6. The first-order valence-electron chi connectivity index (χ1n) is 14.7. The lowest BCUT2D eigenvalue weighted by molar-refractivity contribution is -0.110. The Bertz CT molecular complexity index is 1640. The van der Waals surface area contributed by atoms with Gasteiger partial charge in [-0.3, -0.25) is 9.59 Å². The number of nitrogens with one attached hydrogen (secondary N) is 3. The molecule has 0 spiro atoms. The third kappa shape index (κ3) is 6.10. The number of carbonyl (C=O) groups is 2. The number of amides is 2. The Labute approximate surface area is 252 Å². The van der Waals surface area contributed by atoms with Crippen LogP contribution in [0.15, 0.2) is 47.8 Å². The number of rotatable bonds is 11. The van der Waals surface area contributed by atoms with E-state index in [2.05, 4.69) is 70.9 Å². The quantitative estimate of drug-likeness (QED) is 0.167. The molecule has 0 fully saturated rings. The van der Waals surface area contributed by atoms with Crippen LogP contribution in [-0.4, -0.2) is 52.9 Å². The van der Waals surface area contributed by atoms with E-state index >= 15 is 0 Å². The fourth-order valence-corrected chi connectivity index (χ4v) is 6.36. The summed E-state index contributed by atoms with van der Waals surface area (Å²) in [6.07, 6.45) is 4.01. The van der Waals surface area contributed by atoms with Gasteiger partial charge in [-0.05, 0) is 68.8 Å². The molecule has 2 amide bonds. The Morgan fingerprint density at radius 3 is 2.64 bits per heavy atom. The van der Waals surface area contributed by atoms with Crippen LogP contribution in [0.4, 0.5) is 5.69 Å². The largest absolute Gasteiger partial charge is 0.358 e. The van der Waals surface area contributed by atoms with Crippen LogP contribution in [0.25, 0.3) is 33.5 Å². The maximum atomic E-state index is 13.1. The van der Waals surface area contributed by atoms with Crippen LogP contribution in [0.5, 0.6) is 0 Å². The van der Waals surface area contributed by atoms with Gasteiger partial charge in [-0.15, -0.1) is 11.3 Å². The first-order chi connectivity index (χ1) is 20.3. The molecule has 0 saturated heterocycles. The summed E-state index contributed by atoms with van der Waals surface area (Å²) in [7, 11) is 0. The van der Waals surface area contributed by atoms with Gasteiger partial charge in [0.05, 0.1) is 16.8 Å². The molecular formula is C34H39N5O2S. The molecule has 3 N–H and O–H groups in total. The number of hydrogen-bond acceptors (Lipinski definition) is 5. The fraction of sp³-hybridized carbons (Fsp3) is 0.324. The highest BCUT2D eigenvalue weighted by Crippen LogP contribution is 2.38. The van der Waals surface area contributed by atoms with Crippen molar-refractivity contribution in [2.75, 3.05) is 31.5 Å². The topological polar surface area (TPSA) is 90.1 Å². The second-order valence-corrected chi connectivity index (χ2v) is 11.6. The van der Waals surface area contributed by atoms with Gasteiger partial charge >= 0.3 is 0 Å². The summed E-state index contributed by atoms with van der Waals surface area (Å²) in [5, 5.41) is 9.09. The third-order valence-corrected chi connectivity index (χ3v) is 8.81. The monoisotopic (exact) mass is 581 g/mol. The van der Waals surface area contributed by atoms with E-state index in [0.717, 1.165) is 82.5 Å². The SMILES string of the molecule is CCCc1cccc(-c2nc(-c3ccc4c(c3)/C(=C/c3[nH]c(C)c(C(=O)NCCN(CC)CC)c3C)C(=O)N4)cs2)c1. The number of thiazole rings is 1. The van der Waals surface area contributed by atoms with Crippen molar-refractivity contribution in [3.8, 4) is 21.8 Å². The van der Waals surface area contributed by atoms with Crippen molar-refractivity contribution in [3.63, 3.8) is 0 Å². The predicted molar refractivity (Wildman–Crippen MR) is 174 cm³/mol.